The van der Waals surface area contributed by atoms with Crippen LogP contribution in [0.3, 0.4) is 0 Å². The summed E-state index contributed by atoms with van der Waals surface area (Å²) in [5, 5.41) is 0. The lowest BCUT2D eigenvalue weighted by molar-refractivity contribution is -0.121. The van der Waals surface area contributed by atoms with E-state index in [0.29, 0.717) is 12.3 Å². The second-order valence-corrected chi connectivity index (χ2v) is 4.36. The lowest BCUT2D eigenvalue weighted by Gasteiger charge is -2.25. The van der Waals surface area contributed by atoms with E-state index in [4.69, 9.17) is 5.73 Å². The van der Waals surface area contributed by atoms with Crippen LogP contribution in [0.1, 0.15) is 37.3 Å². The smallest absolute Gasteiger partial charge is 0.154 e. The van der Waals surface area contributed by atoms with Crippen molar-refractivity contribution in [3.63, 3.8) is 0 Å². The molecule has 1 aliphatic rings. The molecule has 2 heteroatoms. The average molecular weight is 203 g/mol. The fraction of sp³-hybridized carbons (Fsp3) is 0.462. The molecule has 2 N–H and O–H groups in total. The lowest BCUT2D eigenvalue weighted by Crippen LogP contribution is -2.25. The van der Waals surface area contributed by atoms with Gasteiger partial charge < -0.3 is 5.73 Å². The number of carbonyl (C=O) groups is 1. The van der Waals surface area contributed by atoms with E-state index in [1.54, 1.807) is 0 Å². The van der Waals surface area contributed by atoms with Crippen molar-refractivity contribution in [1.29, 1.82) is 0 Å². The predicted octanol–water partition coefficient (Wildman–Crippen LogP) is 2.45. The summed E-state index contributed by atoms with van der Waals surface area (Å²) in [6, 6.07) is 9.20. The van der Waals surface area contributed by atoms with Gasteiger partial charge in [-0.1, -0.05) is 49.6 Å². The molecule has 0 unspecified atom stereocenters. The van der Waals surface area contributed by atoms with Crippen LogP contribution in [0.2, 0.25) is 0 Å². The zero-order chi connectivity index (χ0) is 10.7. The van der Waals surface area contributed by atoms with E-state index < -0.39 is 6.04 Å². The van der Waals surface area contributed by atoms with E-state index in [1.807, 2.05) is 30.3 Å². The highest BCUT2D eigenvalue weighted by Gasteiger charge is 2.24. The van der Waals surface area contributed by atoms with E-state index in [-0.39, 0.29) is 5.78 Å². The highest BCUT2D eigenvalue weighted by molar-refractivity contribution is 5.85. The Morgan fingerprint density at radius 3 is 2.53 bits per heavy atom. The van der Waals surface area contributed by atoms with Crippen molar-refractivity contribution in [3.05, 3.63) is 35.9 Å². The van der Waals surface area contributed by atoms with Crippen molar-refractivity contribution in [2.75, 3.05) is 0 Å². The molecule has 2 rings (SSSR count). The van der Waals surface area contributed by atoms with E-state index in [2.05, 4.69) is 0 Å². The largest absolute Gasteiger partial charge is 0.318 e. The maximum absolute atomic E-state index is 11.8. The summed E-state index contributed by atoms with van der Waals surface area (Å²) in [5.74, 6) is 0.790. The highest BCUT2D eigenvalue weighted by Crippen LogP contribution is 2.31. The monoisotopic (exact) mass is 203 g/mol. The zero-order valence-electron chi connectivity index (χ0n) is 8.86. The normalized spacial score (nSPS) is 18.2. The minimum absolute atomic E-state index is 0.186. The zero-order valence-corrected chi connectivity index (χ0v) is 8.86. The summed E-state index contributed by atoms with van der Waals surface area (Å²) in [6.07, 6.45) is 4.34. The summed E-state index contributed by atoms with van der Waals surface area (Å²) < 4.78 is 0. The minimum atomic E-state index is -0.424. The van der Waals surface area contributed by atoms with Crippen molar-refractivity contribution >= 4 is 5.78 Å². The quantitative estimate of drug-likeness (QED) is 0.816. The molecular weight excluding hydrogens is 186 g/mol. The molecule has 1 saturated carbocycles. The van der Waals surface area contributed by atoms with Gasteiger partial charge in [0, 0.05) is 6.42 Å². The Morgan fingerprint density at radius 1 is 1.33 bits per heavy atom. The Morgan fingerprint density at radius 2 is 2.00 bits per heavy atom. The number of hydrogen-bond acceptors (Lipinski definition) is 2. The molecular formula is C13H17NO. The molecule has 1 atom stereocenters. The number of nitrogens with two attached hydrogens (primary N) is 1. The number of rotatable bonds is 4. The van der Waals surface area contributed by atoms with Gasteiger partial charge in [-0.05, 0) is 11.5 Å². The molecule has 1 fully saturated rings. The molecule has 80 valence electrons. The van der Waals surface area contributed by atoms with Gasteiger partial charge >= 0.3 is 0 Å². The number of benzene rings is 1. The predicted molar refractivity (Wildman–Crippen MR) is 60.3 cm³/mol. The topological polar surface area (TPSA) is 43.1 Å². The maximum Gasteiger partial charge on any atom is 0.154 e. The summed E-state index contributed by atoms with van der Waals surface area (Å²) in [7, 11) is 0. The number of Topliss-reactive ketones (excluding diaryl/α,β-unsaturated/α-hetero) is 1. The van der Waals surface area contributed by atoms with Gasteiger partial charge in [0.05, 0.1) is 6.04 Å². The first-order valence-corrected chi connectivity index (χ1v) is 5.60. The van der Waals surface area contributed by atoms with E-state index >= 15 is 0 Å². The third-order valence-electron chi connectivity index (χ3n) is 3.22. The van der Waals surface area contributed by atoms with E-state index in [1.165, 1.54) is 19.3 Å². The van der Waals surface area contributed by atoms with Crippen LogP contribution in [0.15, 0.2) is 30.3 Å². The molecule has 0 radical (unpaired) electrons. The minimum Gasteiger partial charge on any atom is -0.318 e. The van der Waals surface area contributed by atoms with Crippen molar-refractivity contribution < 1.29 is 4.79 Å². The van der Waals surface area contributed by atoms with E-state index in [9.17, 15) is 4.79 Å². The third kappa shape index (κ3) is 2.45. The van der Waals surface area contributed by atoms with Gasteiger partial charge in [-0.15, -0.1) is 0 Å². The van der Waals surface area contributed by atoms with Crippen LogP contribution in [-0.2, 0) is 4.79 Å². The Bertz CT molecular complexity index is 330. The summed E-state index contributed by atoms with van der Waals surface area (Å²) in [5.41, 5.74) is 6.85. The average Bonchev–Trinajstić information content (AvgIpc) is 2.23. The van der Waals surface area contributed by atoms with Crippen molar-refractivity contribution in [2.45, 2.75) is 31.7 Å². The molecule has 0 saturated heterocycles. The van der Waals surface area contributed by atoms with Crippen LogP contribution in [0.25, 0.3) is 0 Å². The van der Waals surface area contributed by atoms with Gasteiger partial charge in [0.25, 0.3) is 0 Å². The lowest BCUT2D eigenvalue weighted by atomic mass is 9.80. The molecule has 15 heavy (non-hydrogen) atoms. The maximum atomic E-state index is 11.8. The standard InChI is InChI=1S/C13H17NO/c14-13(11-7-2-1-3-8-11)12(15)9-10-5-4-6-10/h1-3,7-8,10,13H,4-6,9,14H2/t13-/m1/s1. The molecule has 0 bridgehead atoms. The van der Waals surface area contributed by atoms with Crippen LogP contribution < -0.4 is 5.73 Å². The van der Waals surface area contributed by atoms with Gasteiger partial charge in [-0.2, -0.15) is 0 Å². The second-order valence-electron chi connectivity index (χ2n) is 4.36. The first kappa shape index (κ1) is 10.4. The Labute approximate surface area is 90.5 Å². The molecule has 0 aliphatic heterocycles. The summed E-state index contributed by atoms with van der Waals surface area (Å²) in [4.78, 5) is 11.8. The highest BCUT2D eigenvalue weighted by atomic mass is 16.1. The Kier molecular flexibility index (Phi) is 3.17. The fourth-order valence-electron chi connectivity index (χ4n) is 1.95. The van der Waals surface area contributed by atoms with Gasteiger partial charge in [0.15, 0.2) is 5.78 Å². The van der Waals surface area contributed by atoms with Crippen molar-refractivity contribution in [2.24, 2.45) is 11.7 Å². The number of carbonyl (C=O) groups excluding carboxylic acids is 1. The van der Waals surface area contributed by atoms with Crippen LogP contribution >= 0.6 is 0 Å². The first-order chi connectivity index (χ1) is 7.27. The van der Waals surface area contributed by atoms with Gasteiger partial charge in [0.2, 0.25) is 0 Å². The molecule has 0 heterocycles. The van der Waals surface area contributed by atoms with Gasteiger partial charge in [0.1, 0.15) is 0 Å². The number of ketones is 1. The van der Waals surface area contributed by atoms with Crippen molar-refractivity contribution in [3.8, 4) is 0 Å². The number of hydrogen-bond donors (Lipinski definition) is 1. The van der Waals surface area contributed by atoms with Crippen molar-refractivity contribution in [1.82, 2.24) is 0 Å². The first-order valence-electron chi connectivity index (χ1n) is 5.60. The SMILES string of the molecule is N[C@@H](C(=O)CC1CCC1)c1ccccc1. The molecule has 2 nitrogen and oxygen atoms in total. The van der Waals surface area contributed by atoms with Crippen LogP contribution in [0.4, 0.5) is 0 Å². The molecule has 1 aromatic carbocycles. The van der Waals surface area contributed by atoms with Crippen LogP contribution in [0, 0.1) is 5.92 Å². The molecule has 0 amide bonds. The molecule has 1 aliphatic carbocycles. The fourth-order valence-corrected chi connectivity index (χ4v) is 1.95. The summed E-state index contributed by atoms with van der Waals surface area (Å²) in [6.45, 7) is 0. The van der Waals surface area contributed by atoms with Gasteiger partial charge in [-0.3, -0.25) is 4.79 Å². The van der Waals surface area contributed by atoms with Gasteiger partial charge in [-0.25, -0.2) is 0 Å². The second kappa shape index (κ2) is 4.58. The Balaban J connectivity index is 1.94. The molecule has 0 spiro atoms. The molecule has 1 aromatic rings. The summed E-state index contributed by atoms with van der Waals surface area (Å²) >= 11 is 0. The van der Waals surface area contributed by atoms with Crippen LogP contribution in [0.5, 0.6) is 0 Å². The Hall–Kier alpha value is -1.15. The molecule has 0 aromatic heterocycles. The van der Waals surface area contributed by atoms with Crippen LogP contribution in [-0.4, -0.2) is 5.78 Å². The van der Waals surface area contributed by atoms with E-state index in [0.717, 1.165) is 5.56 Å². The third-order valence-corrected chi connectivity index (χ3v) is 3.22.